The van der Waals surface area contributed by atoms with Gasteiger partial charge in [0.2, 0.25) is 5.91 Å². The summed E-state index contributed by atoms with van der Waals surface area (Å²) in [5.41, 5.74) is 0.934. The van der Waals surface area contributed by atoms with Crippen LogP contribution in [0, 0.1) is 6.92 Å². The first-order chi connectivity index (χ1) is 8.74. The molecule has 0 fully saturated rings. The average molecular weight is 261 g/mol. The molecule has 0 bridgehead atoms. The number of hydrogen-bond donors (Lipinski definition) is 2. The number of nitrogens with zero attached hydrogens (tertiary/aromatic N) is 1. The maximum absolute atomic E-state index is 11.6. The molecule has 1 aromatic carbocycles. The van der Waals surface area contributed by atoms with Crippen molar-refractivity contribution in [3.8, 4) is 0 Å². The van der Waals surface area contributed by atoms with Gasteiger partial charge < -0.3 is 5.32 Å². The van der Waals surface area contributed by atoms with Crippen LogP contribution in [-0.4, -0.2) is 21.9 Å². The Morgan fingerprint density at radius 1 is 1.39 bits per heavy atom. The van der Waals surface area contributed by atoms with Gasteiger partial charge in [-0.15, -0.1) is 11.8 Å². The van der Waals surface area contributed by atoms with E-state index in [9.17, 15) is 4.79 Å². The zero-order valence-corrected chi connectivity index (χ0v) is 11.0. The first-order valence-corrected chi connectivity index (χ1v) is 6.72. The van der Waals surface area contributed by atoms with Crippen molar-refractivity contribution in [2.75, 3.05) is 11.1 Å². The van der Waals surface area contributed by atoms with Crippen LogP contribution in [0.2, 0.25) is 0 Å². The topological polar surface area (TPSA) is 57.8 Å². The van der Waals surface area contributed by atoms with E-state index in [1.165, 1.54) is 4.90 Å². The normalized spacial score (nSPS) is 10.3. The lowest BCUT2D eigenvalue weighted by molar-refractivity contribution is -0.115. The summed E-state index contributed by atoms with van der Waals surface area (Å²) in [6, 6.07) is 11.9. The van der Waals surface area contributed by atoms with Crippen molar-refractivity contribution in [3.63, 3.8) is 0 Å². The third-order valence-corrected chi connectivity index (χ3v) is 3.33. The van der Waals surface area contributed by atoms with Gasteiger partial charge in [0, 0.05) is 28.8 Å². The predicted octanol–water partition coefficient (Wildman–Crippen LogP) is 2.84. The molecular formula is C13H15N3OS. The number of aryl methyl sites for hydroxylation is 1. The average Bonchev–Trinajstić information content (AvgIpc) is 2.76. The molecular weight excluding hydrogens is 246 g/mol. The molecule has 0 saturated carbocycles. The number of amides is 1. The summed E-state index contributed by atoms with van der Waals surface area (Å²) in [4.78, 5) is 12.8. The third-order valence-electron chi connectivity index (χ3n) is 2.31. The fourth-order valence-electron chi connectivity index (χ4n) is 1.47. The number of H-pyrrole nitrogens is 1. The van der Waals surface area contributed by atoms with Gasteiger partial charge in [0.15, 0.2) is 5.82 Å². The summed E-state index contributed by atoms with van der Waals surface area (Å²) < 4.78 is 0. The highest BCUT2D eigenvalue weighted by Gasteiger charge is 2.04. The van der Waals surface area contributed by atoms with Gasteiger partial charge >= 0.3 is 0 Å². The van der Waals surface area contributed by atoms with Crippen LogP contribution >= 0.6 is 11.8 Å². The molecule has 0 aliphatic heterocycles. The standard InChI is InChI=1S/C13H15N3OS/c1-10-9-12(16-15-10)14-13(17)7-8-18-11-5-3-2-4-6-11/h2-6,9H,7-8H2,1H3,(H2,14,15,16,17). The molecule has 0 aliphatic carbocycles. The second-order valence-corrected chi connectivity index (χ2v) is 5.06. The highest BCUT2D eigenvalue weighted by Crippen LogP contribution is 2.17. The minimum absolute atomic E-state index is 0.00932. The first kappa shape index (κ1) is 12.7. The maximum Gasteiger partial charge on any atom is 0.226 e. The van der Waals surface area contributed by atoms with Crippen molar-refractivity contribution >= 4 is 23.5 Å². The SMILES string of the molecule is Cc1cc(NC(=O)CCSc2ccccc2)n[nH]1. The Morgan fingerprint density at radius 3 is 2.83 bits per heavy atom. The van der Waals surface area contributed by atoms with Crippen molar-refractivity contribution in [1.29, 1.82) is 0 Å². The monoisotopic (exact) mass is 261 g/mol. The lowest BCUT2D eigenvalue weighted by atomic mass is 10.4. The van der Waals surface area contributed by atoms with Gasteiger partial charge in [0.05, 0.1) is 0 Å². The lowest BCUT2D eigenvalue weighted by Crippen LogP contribution is -2.12. The zero-order chi connectivity index (χ0) is 12.8. The predicted molar refractivity (Wildman–Crippen MR) is 73.7 cm³/mol. The molecule has 4 nitrogen and oxygen atoms in total. The lowest BCUT2D eigenvalue weighted by Gasteiger charge is -2.02. The van der Waals surface area contributed by atoms with E-state index < -0.39 is 0 Å². The van der Waals surface area contributed by atoms with E-state index >= 15 is 0 Å². The molecule has 2 rings (SSSR count). The molecule has 1 aromatic heterocycles. The number of nitrogens with one attached hydrogen (secondary N) is 2. The van der Waals surface area contributed by atoms with Gasteiger partial charge in [-0.05, 0) is 19.1 Å². The quantitative estimate of drug-likeness (QED) is 0.814. The van der Waals surface area contributed by atoms with E-state index in [-0.39, 0.29) is 5.91 Å². The van der Waals surface area contributed by atoms with Crippen LogP contribution in [0.4, 0.5) is 5.82 Å². The van der Waals surface area contributed by atoms with Gasteiger partial charge in [-0.2, -0.15) is 5.10 Å². The van der Waals surface area contributed by atoms with Crippen molar-refractivity contribution in [3.05, 3.63) is 42.1 Å². The van der Waals surface area contributed by atoms with Crippen LogP contribution in [0.3, 0.4) is 0 Å². The van der Waals surface area contributed by atoms with E-state index in [1.807, 2.05) is 43.3 Å². The highest BCUT2D eigenvalue weighted by molar-refractivity contribution is 7.99. The molecule has 0 unspecified atom stereocenters. The van der Waals surface area contributed by atoms with Crippen molar-refractivity contribution in [1.82, 2.24) is 10.2 Å². The number of carbonyl (C=O) groups excluding carboxylic acids is 1. The van der Waals surface area contributed by atoms with Crippen molar-refractivity contribution < 1.29 is 4.79 Å². The summed E-state index contributed by atoms with van der Waals surface area (Å²) in [7, 11) is 0. The Balaban J connectivity index is 1.72. The minimum atomic E-state index is -0.00932. The summed E-state index contributed by atoms with van der Waals surface area (Å²) >= 11 is 1.68. The number of anilines is 1. The Labute approximate surface area is 110 Å². The van der Waals surface area contributed by atoms with E-state index in [1.54, 1.807) is 11.8 Å². The van der Waals surface area contributed by atoms with Crippen LogP contribution in [-0.2, 0) is 4.79 Å². The smallest absolute Gasteiger partial charge is 0.226 e. The highest BCUT2D eigenvalue weighted by atomic mass is 32.2. The van der Waals surface area contributed by atoms with Crippen LogP contribution < -0.4 is 5.32 Å². The second kappa shape index (κ2) is 6.26. The number of aromatic nitrogens is 2. The van der Waals surface area contributed by atoms with Gasteiger partial charge in [-0.1, -0.05) is 18.2 Å². The molecule has 18 heavy (non-hydrogen) atoms. The molecule has 2 N–H and O–H groups in total. The summed E-state index contributed by atoms with van der Waals surface area (Å²) in [6.45, 7) is 1.90. The summed E-state index contributed by atoms with van der Waals surface area (Å²) in [5, 5.41) is 9.50. The van der Waals surface area contributed by atoms with E-state index in [0.29, 0.717) is 12.2 Å². The molecule has 5 heteroatoms. The fourth-order valence-corrected chi connectivity index (χ4v) is 2.34. The first-order valence-electron chi connectivity index (χ1n) is 5.74. The van der Waals surface area contributed by atoms with Crippen LogP contribution in [0.5, 0.6) is 0 Å². The van der Waals surface area contributed by atoms with Gasteiger partial charge in [0.25, 0.3) is 0 Å². The molecule has 0 spiro atoms. The molecule has 94 valence electrons. The van der Waals surface area contributed by atoms with Gasteiger partial charge in [-0.25, -0.2) is 0 Å². The Morgan fingerprint density at radius 2 is 2.17 bits per heavy atom. The third kappa shape index (κ3) is 3.92. The van der Waals surface area contributed by atoms with E-state index in [2.05, 4.69) is 15.5 Å². The minimum Gasteiger partial charge on any atom is -0.309 e. The number of thioether (sulfide) groups is 1. The zero-order valence-electron chi connectivity index (χ0n) is 10.1. The van der Waals surface area contributed by atoms with Crippen molar-refractivity contribution in [2.45, 2.75) is 18.2 Å². The second-order valence-electron chi connectivity index (χ2n) is 3.90. The van der Waals surface area contributed by atoms with E-state index in [0.717, 1.165) is 11.4 Å². The summed E-state index contributed by atoms with van der Waals surface area (Å²) in [5.74, 6) is 1.34. The molecule has 0 saturated heterocycles. The number of aromatic amines is 1. The summed E-state index contributed by atoms with van der Waals surface area (Å²) in [6.07, 6.45) is 0.478. The molecule has 2 aromatic rings. The fraction of sp³-hybridized carbons (Fsp3) is 0.231. The van der Waals surface area contributed by atoms with Gasteiger partial charge in [0.1, 0.15) is 0 Å². The van der Waals surface area contributed by atoms with Crippen molar-refractivity contribution in [2.24, 2.45) is 0 Å². The molecule has 0 aliphatic rings. The molecule has 0 atom stereocenters. The molecule has 1 heterocycles. The van der Waals surface area contributed by atoms with Crippen LogP contribution in [0.1, 0.15) is 12.1 Å². The van der Waals surface area contributed by atoms with Crippen LogP contribution in [0.15, 0.2) is 41.3 Å². The van der Waals surface area contributed by atoms with E-state index in [4.69, 9.17) is 0 Å². The number of rotatable bonds is 5. The molecule has 0 radical (unpaired) electrons. The van der Waals surface area contributed by atoms with Gasteiger partial charge in [-0.3, -0.25) is 9.89 Å². The Kier molecular flexibility index (Phi) is 4.41. The number of hydrogen-bond acceptors (Lipinski definition) is 3. The number of carbonyl (C=O) groups is 1. The number of benzene rings is 1. The largest absolute Gasteiger partial charge is 0.309 e. The Bertz CT molecular complexity index is 510. The molecule has 1 amide bonds. The van der Waals surface area contributed by atoms with Crippen LogP contribution in [0.25, 0.3) is 0 Å². The Hall–Kier alpha value is -1.75. The maximum atomic E-state index is 11.6.